The molecule has 0 unspecified atom stereocenters. The highest BCUT2D eigenvalue weighted by molar-refractivity contribution is 5.83. The van der Waals surface area contributed by atoms with E-state index in [9.17, 15) is 4.79 Å². The van der Waals surface area contributed by atoms with Crippen LogP contribution < -0.4 is 11.1 Å². The molecule has 0 aliphatic carbocycles. The molecule has 1 amide bonds. The maximum atomic E-state index is 10.9. The van der Waals surface area contributed by atoms with Gasteiger partial charge in [-0.05, 0) is 19.1 Å². The maximum Gasteiger partial charge on any atom is 0.237 e. The van der Waals surface area contributed by atoms with E-state index in [0.717, 1.165) is 0 Å². The van der Waals surface area contributed by atoms with E-state index in [2.05, 4.69) is 20.7 Å². The van der Waals surface area contributed by atoms with Crippen molar-refractivity contribution in [3.05, 3.63) is 5.82 Å². The van der Waals surface area contributed by atoms with Gasteiger partial charge >= 0.3 is 0 Å². The highest BCUT2D eigenvalue weighted by Gasteiger charge is 2.24. The Bertz CT molecular complexity index is 331. The Morgan fingerprint density at radius 3 is 2.71 bits per heavy atom. The van der Waals surface area contributed by atoms with Crippen molar-refractivity contribution < 1.29 is 4.79 Å². The zero-order valence-corrected chi connectivity index (χ0v) is 8.48. The molecule has 7 nitrogen and oxygen atoms in total. The summed E-state index contributed by atoms with van der Waals surface area (Å²) in [5.41, 5.74) is 4.41. The van der Waals surface area contributed by atoms with Gasteiger partial charge in [0, 0.05) is 0 Å². The number of carbonyl (C=O) groups excluding carboxylic acids is 1. The Morgan fingerprint density at radius 1 is 1.64 bits per heavy atom. The molecule has 1 aromatic heterocycles. The number of carbonyl (C=O) groups is 1. The average molecular weight is 198 g/mol. The molecule has 0 aliphatic heterocycles. The van der Waals surface area contributed by atoms with E-state index in [-0.39, 0.29) is 0 Å². The summed E-state index contributed by atoms with van der Waals surface area (Å²) in [6.07, 6.45) is 0. The van der Waals surface area contributed by atoms with Crippen LogP contribution in [-0.2, 0) is 18.4 Å². The first-order chi connectivity index (χ1) is 6.42. The fourth-order valence-corrected chi connectivity index (χ4v) is 0.781. The van der Waals surface area contributed by atoms with Crippen LogP contribution in [0.2, 0.25) is 0 Å². The Morgan fingerprint density at radius 2 is 2.29 bits per heavy atom. The summed E-state index contributed by atoms with van der Waals surface area (Å²) in [6, 6.07) is 0. The van der Waals surface area contributed by atoms with Crippen molar-refractivity contribution in [3.63, 3.8) is 0 Å². The lowest BCUT2D eigenvalue weighted by Gasteiger charge is -2.20. The SMILES string of the molecule is Cn1nnc(CNC(C)(C)C(N)=O)n1. The van der Waals surface area contributed by atoms with Gasteiger partial charge in [0.05, 0.1) is 19.1 Å². The van der Waals surface area contributed by atoms with Gasteiger partial charge in [-0.25, -0.2) is 0 Å². The van der Waals surface area contributed by atoms with E-state index in [4.69, 9.17) is 5.73 Å². The molecular formula is C7H14N6O. The third-order valence-electron chi connectivity index (χ3n) is 1.85. The maximum absolute atomic E-state index is 10.9. The van der Waals surface area contributed by atoms with Crippen molar-refractivity contribution in [3.8, 4) is 0 Å². The van der Waals surface area contributed by atoms with E-state index < -0.39 is 11.4 Å². The third-order valence-corrected chi connectivity index (χ3v) is 1.85. The van der Waals surface area contributed by atoms with E-state index in [1.54, 1.807) is 20.9 Å². The second-order valence-corrected chi connectivity index (χ2v) is 3.54. The molecule has 14 heavy (non-hydrogen) atoms. The quantitative estimate of drug-likeness (QED) is 0.617. The number of hydrogen-bond donors (Lipinski definition) is 2. The van der Waals surface area contributed by atoms with Gasteiger partial charge in [-0.2, -0.15) is 4.80 Å². The molecule has 78 valence electrons. The number of primary amides is 1. The third kappa shape index (κ3) is 2.49. The van der Waals surface area contributed by atoms with Crippen LogP contribution in [0.25, 0.3) is 0 Å². The van der Waals surface area contributed by atoms with Gasteiger partial charge in [-0.15, -0.1) is 10.2 Å². The van der Waals surface area contributed by atoms with E-state index >= 15 is 0 Å². The molecule has 7 heteroatoms. The summed E-state index contributed by atoms with van der Waals surface area (Å²) < 4.78 is 0. The number of nitrogens with one attached hydrogen (secondary N) is 1. The Labute approximate surface area is 81.7 Å². The second-order valence-electron chi connectivity index (χ2n) is 3.54. The van der Waals surface area contributed by atoms with Crippen LogP contribution >= 0.6 is 0 Å². The summed E-state index contributed by atoms with van der Waals surface area (Å²) in [6.45, 7) is 3.77. The van der Waals surface area contributed by atoms with Crippen molar-refractivity contribution in [1.82, 2.24) is 25.5 Å². The number of nitrogens with zero attached hydrogens (tertiary/aromatic N) is 4. The summed E-state index contributed by atoms with van der Waals surface area (Å²) in [5.74, 6) is 0.114. The molecule has 0 aromatic carbocycles. The summed E-state index contributed by atoms with van der Waals surface area (Å²) in [4.78, 5) is 12.3. The second kappa shape index (κ2) is 3.70. The standard InChI is InChI=1S/C7H14N6O/c1-7(2,6(8)14)9-4-5-10-12-13(3)11-5/h9H,4H2,1-3H3,(H2,8,14). The molecule has 0 atom stereocenters. The molecule has 0 radical (unpaired) electrons. The van der Waals surface area contributed by atoms with Crippen LogP contribution in [0.1, 0.15) is 19.7 Å². The number of tetrazole rings is 1. The van der Waals surface area contributed by atoms with Gasteiger partial charge in [0.25, 0.3) is 0 Å². The highest BCUT2D eigenvalue weighted by Crippen LogP contribution is 2.01. The van der Waals surface area contributed by atoms with Crippen LogP contribution in [0.3, 0.4) is 0 Å². The number of rotatable bonds is 4. The van der Waals surface area contributed by atoms with Crippen LogP contribution in [0.15, 0.2) is 0 Å². The molecule has 1 heterocycles. The zero-order chi connectivity index (χ0) is 10.8. The minimum Gasteiger partial charge on any atom is -0.368 e. The van der Waals surface area contributed by atoms with Gasteiger partial charge in [0.2, 0.25) is 5.91 Å². The Kier molecular flexibility index (Phi) is 2.80. The molecule has 1 rings (SSSR count). The van der Waals surface area contributed by atoms with Crippen molar-refractivity contribution in [1.29, 1.82) is 0 Å². The lowest BCUT2D eigenvalue weighted by Crippen LogP contribution is -2.50. The normalized spacial score (nSPS) is 11.6. The van der Waals surface area contributed by atoms with Crippen LogP contribution in [0.5, 0.6) is 0 Å². The molecule has 0 saturated heterocycles. The number of amides is 1. The predicted octanol–water partition coefficient (Wildman–Crippen LogP) is -1.44. The Balaban J connectivity index is 2.52. The first-order valence-corrected chi connectivity index (χ1v) is 4.19. The fraction of sp³-hybridized carbons (Fsp3) is 0.714. The number of aryl methyl sites for hydroxylation is 1. The smallest absolute Gasteiger partial charge is 0.237 e. The lowest BCUT2D eigenvalue weighted by atomic mass is 10.1. The number of aromatic nitrogens is 4. The van der Waals surface area contributed by atoms with Gasteiger partial charge in [0.15, 0.2) is 5.82 Å². The topological polar surface area (TPSA) is 98.7 Å². The minimum absolute atomic E-state index is 0.365. The molecule has 0 spiro atoms. The molecule has 1 aromatic rings. The van der Waals surface area contributed by atoms with E-state index in [0.29, 0.717) is 12.4 Å². The first-order valence-electron chi connectivity index (χ1n) is 4.19. The summed E-state index contributed by atoms with van der Waals surface area (Å²) in [7, 11) is 1.68. The van der Waals surface area contributed by atoms with E-state index in [1.165, 1.54) is 4.80 Å². The van der Waals surface area contributed by atoms with Gasteiger partial charge in [-0.3, -0.25) is 10.1 Å². The molecule has 0 aliphatic rings. The van der Waals surface area contributed by atoms with Crippen molar-refractivity contribution >= 4 is 5.91 Å². The van der Waals surface area contributed by atoms with Crippen molar-refractivity contribution in [2.75, 3.05) is 0 Å². The number of hydrogen-bond acceptors (Lipinski definition) is 5. The van der Waals surface area contributed by atoms with Gasteiger partial charge < -0.3 is 5.73 Å². The zero-order valence-electron chi connectivity index (χ0n) is 8.48. The predicted molar refractivity (Wildman–Crippen MR) is 48.9 cm³/mol. The molecule has 0 fully saturated rings. The van der Waals surface area contributed by atoms with Crippen molar-refractivity contribution in [2.45, 2.75) is 25.9 Å². The monoisotopic (exact) mass is 198 g/mol. The fourth-order valence-electron chi connectivity index (χ4n) is 0.781. The summed E-state index contributed by atoms with van der Waals surface area (Å²) >= 11 is 0. The van der Waals surface area contributed by atoms with Gasteiger partial charge in [-0.1, -0.05) is 0 Å². The molecule has 3 N–H and O–H groups in total. The first kappa shape index (κ1) is 10.6. The lowest BCUT2D eigenvalue weighted by molar-refractivity contribution is -0.123. The van der Waals surface area contributed by atoms with Crippen LogP contribution in [0.4, 0.5) is 0 Å². The largest absolute Gasteiger partial charge is 0.368 e. The molecular weight excluding hydrogens is 184 g/mol. The van der Waals surface area contributed by atoms with Gasteiger partial charge in [0.1, 0.15) is 0 Å². The number of nitrogens with two attached hydrogens (primary N) is 1. The average Bonchev–Trinajstić information content (AvgIpc) is 2.48. The highest BCUT2D eigenvalue weighted by atomic mass is 16.1. The Hall–Kier alpha value is -1.50. The molecule has 0 bridgehead atoms. The summed E-state index contributed by atoms with van der Waals surface area (Å²) in [5, 5.41) is 14.3. The van der Waals surface area contributed by atoms with Crippen LogP contribution in [0, 0.1) is 0 Å². The molecule has 0 saturated carbocycles. The minimum atomic E-state index is -0.765. The van der Waals surface area contributed by atoms with Crippen LogP contribution in [-0.4, -0.2) is 31.7 Å². The van der Waals surface area contributed by atoms with Crippen molar-refractivity contribution in [2.24, 2.45) is 12.8 Å². The van der Waals surface area contributed by atoms with E-state index in [1.807, 2.05) is 0 Å².